The number of ether oxygens (including phenoxy) is 1. The Bertz CT molecular complexity index is 591. The Morgan fingerprint density at radius 2 is 1.89 bits per heavy atom. The maximum atomic E-state index is 11.1. The van der Waals surface area contributed by atoms with Gasteiger partial charge in [0.25, 0.3) is 0 Å². The number of carboxylic acids is 1. The maximum Gasteiger partial charge on any atom is 0.339 e. The normalized spacial score (nSPS) is 10.2. The topological polar surface area (TPSA) is 46.5 Å². The summed E-state index contributed by atoms with van der Waals surface area (Å²) in [6, 6.07) is 12.8. The Morgan fingerprint density at radius 3 is 2.53 bits per heavy atom. The van der Waals surface area contributed by atoms with Crippen LogP contribution in [0.15, 0.2) is 46.9 Å². The van der Waals surface area contributed by atoms with Crippen molar-refractivity contribution in [1.82, 2.24) is 0 Å². The first-order chi connectivity index (χ1) is 9.08. The van der Waals surface area contributed by atoms with Crippen molar-refractivity contribution in [2.24, 2.45) is 0 Å². The van der Waals surface area contributed by atoms with Crippen LogP contribution in [0.25, 0.3) is 0 Å². The van der Waals surface area contributed by atoms with Gasteiger partial charge in [-0.3, -0.25) is 0 Å². The van der Waals surface area contributed by atoms with E-state index in [4.69, 9.17) is 9.84 Å². The average molecular weight is 321 g/mol. The first kappa shape index (κ1) is 13.6. The van der Waals surface area contributed by atoms with Gasteiger partial charge < -0.3 is 9.84 Å². The zero-order valence-electron chi connectivity index (χ0n) is 10.4. The summed E-state index contributed by atoms with van der Waals surface area (Å²) in [7, 11) is 0. The van der Waals surface area contributed by atoms with E-state index in [0.717, 1.165) is 15.6 Å². The van der Waals surface area contributed by atoms with E-state index in [0.29, 0.717) is 12.4 Å². The molecule has 0 radical (unpaired) electrons. The van der Waals surface area contributed by atoms with Gasteiger partial charge in [-0.2, -0.15) is 0 Å². The summed E-state index contributed by atoms with van der Waals surface area (Å²) in [5.41, 5.74) is 2.00. The third-order valence-electron chi connectivity index (χ3n) is 2.74. The molecule has 0 saturated carbocycles. The highest BCUT2D eigenvalue weighted by molar-refractivity contribution is 9.10. The Morgan fingerprint density at radius 1 is 1.21 bits per heavy atom. The maximum absolute atomic E-state index is 11.1. The van der Waals surface area contributed by atoms with Crippen molar-refractivity contribution < 1.29 is 14.6 Å². The quantitative estimate of drug-likeness (QED) is 0.924. The molecule has 2 aromatic rings. The number of hydrogen-bond donors (Lipinski definition) is 1. The molecule has 0 aliphatic rings. The highest BCUT2D eigenvalue weighted by Gasteiger charge is 2.13. The molecule has 0 atom stereocenters. The van der Waals surface area contributed by atoms with Crippen LogP contribution in [0, 0.1) is 6.92 Å². The summed E-state index contributed by atoms with van der Waals surface area (Å²) < 4.78 is 6.66. The van der Waals surface area contributed by atoms with Crippen molar-refractivity contribution in [3.63, 3.8) is 0 Å². The summed E-state index contributed by atoms with van der Waals surface area (Å²) in [4.78, 5) is 11.1. The molecule has 0 spiro atoms. The first-order valence-corrected chi connectivity index (χ1v) is 6.57. The molecule has 1 N–H and O–H groups in total. The third-order valence-corrected chi connectivity index (χ3v) is 3.27. The number of aromatic carboxylic acids is 1. The third kappa shape index (κ3) is 3.35. The molecule has 0 bridgehead atoms. The van der Waals surface area contributed by atoms with Gasteiger partial charge in [0, 0.05) is 4.47 Å². The highest BCUT2D eigenvalue weighted by Crippen LogP contribution is 2.24. The zero-order valence-corrected chi connectivity index (χ0v) is 12.0. The van der Waals surface area contributed by atoms with E-state index in [9.17, 15) is 4.79 Å². The molecule has 0 aliphatic heterocycles. The van der Waals surface area contributed by atoms with Gasteiger partial charge in [-0.15, -0.1) is 0 Å². The van der Waals surface area contributed by atoms with Crippen molar-refractivity contribution >= 4 is 21.9 Å². The minimum Gasteiger partial charge on any atom is -0.488 e. The van der Waals surface area contributed by atoms with Crippen LogP contribution in [-0.4, -0.2) is 11.1 Å². The molecule has 3 nitrogen and oxygen atoms in total. The Hall–Kier alpha value is -1.81. The molecule has 0 aliphatic carbocycles. The van der Waals surface area contributed by atoms with Gasteiger partial charge in [0.1, 0.15) is 17.9 Å². The summed E-state index contributed by atoms with van der Waals surface area (Å²) >= 11 is 3.37. The number of aryl methyl sites for hydroxylation is 1. The number of benzene rings is 2. The van der Waals surface area contributed by atoms with Crippen molar-refractivity contribution in [3.8, 4) is 5.75 Å². The number of para-hydroxylation sites is 1. The SMILES string of the molecule is Cc1cccc(C(=O)O)c1OCc1ccc(Br)cc1. The molecule has 2 aromatic carbocycles. The predicted octanol–water partition coefficient (Wildman–Crippen LogP) is 4.03. The van der Waals surface area contributed by atoms with Crippen LogP contribution in [0.3, 0.4) is 0 Å². The number of rotatable bonds is 4. The smallest absolute Gasteiger partial charge is 0.339 e. The van der Waals surface area contributed by atoms with Gasteiger partial charge >= 0.3 is 5.97 Å². The summed E-state index contributed by atoms with van der Waals surface area (Å²) in [5, 5.41) is 9.14. The monoisotopic (exact) mass is 320 g/mol. The van der Waals surface area contributed by atoms with Gasteiger partial charge in [-0.1, -0.05) is 40.2 Å². The molecule has 98 valence electrons. The van der Waals surface area contributed by atoms with Crippen molar-refractivity contribution in [2.45, 2.75) is 13.5 Å². The van der Waals surface area contributed by atoms with E-state index >= 15 is 0 Å². The van der Waals surface area contributed by atoms with Gasteiger partial charge in [0.15, 0.2) is 0 Å². The second-order valence-corrected chi connectivity index (χ2v) is 5.09. The summed E-state index contributed by atoms with van der Waals surface area (Å²) in [6.45, 7) is 2.18. The molecule has 0 saturated heterocycles. The van der Waals surface area contributed by atoms with Crippen LogP contribution in [-0.2, 0) is 6.61 Å². The molecule has 0 aromatic heterocycles. The van der Waals surface area contributed by atoms with Gasteiger partial charge in [-0.25, -0.2) is 4.79 Å². The molecule has 4 heteroatoms. The number of halogens is 1. The van der Waals surface area contributed by atoms with Crippen LogP contribution < -0.4 is 4.74 Å². The van der Waals surface area contributed by atoms with Gasteiger partial charge in [0.05, 0.1) is 0 Å². The van der Waals surface area contributed by atoms with Crippen molar-refractivity contribution in [1.29, 1.82) is 0 Å². The highest BCUT2D eigenvalue weighted by atomic mass is 79.9. The van der Waals surface area contributed by atoms with Crippen LogP contribution >= 0.6 is 15.9 Å². The fraction of sp³-hybridized carbons (Fsp3) is 0.133. The van der Waals surface area contributed by atoms with E-state index < -0.39 is 5.97 Å². The summed E-state index contributed by atoms with van der Waals surface area (Å²) in [6.07, 6.45) is 0. The lowest BCUT2D eigenvalue weighted by Gasteiger charge is -2.12. The van der Waals surface area contributed by atoms with E-state index in [1.807, 2.05) is 37.3 Å². The van der Waals surface area contributed by atoms with Crippen LogP contribution in [0.1, 0.15) is 21.5 Å². The second kappa shape index (κ2) is 5.89. The molecule has 0 amide bonds. The Balaban J connectivity index is 2.19. The minimum atomic E-state index is -0.977. The lowest BCUT2D eigenvalue weighted by Crippen LogP contribution is -2.04. The van der Waals surface area contributed by atoms with Crippen LogP contribution in [0.5, 0.6) is 5.75 Å². The lowest BCUT2D eigenvalue weighted by molar-refractivity contribution is 0.0691. The van der Waals surface area contributed by atoms with Crippen molar-refractivity contribution in [3.05, 3.63) is 63.6 Å². The van der Waals surface area contributed by atoms with E-state index in [-0.39, 0.29) is 5.56 Å². The van der Waals surface area contributed by atoms with E-state index in [1.165, 1.54) is 0 Å². The lowest BCUT2D eigenvalue weighted by atomic mass is 10.1. The molecule has 2 rings (SSSR count). The van der Waals surface area contributed by atoms with E-state index in [2.05, 4.69) is 15.9 Å². The van der Waals surface area contributed by atoms with Gasteiger partial charge in [0.2, 0.25) is 0 Å². The number of hydrogen-bond acceptors (Lipinski definition) is 2. The standard InChI is InChI=1S/C15H13BrO3/c1-10-3-2-4-13(15(17)18)14(10)19-9-11-5-7-12(16)8-6-11/h2-8H,9H2,1H3,(H,17,18). The predicted molar refractivity (Wildman–Crippen MR) is 76.6 cm³/mol. The van der Waals surface area contributed by atoms with Crippen LogP contribution in [0.4, 0.5) is 0 Å². The average Bonchev–Trinajstić information content (AvgIpc) is 2.39. The number of carboxylic acid groups (broad SMARTS) is 1. The molecule has 19 heavy (non-hydrogen) atoms. The fourth-order valence-corrected chi connectivity index (χ4v) is 2.01. The molecule has 0 unspecified atom stereocenters. The molecular formula is C15H13BrO3. The second-order valence-electron chi connectivity index (χ2n) is 4.17. The van der Waals surface area contributed by atoms with Gasteiger partial charge in [-0.05, 0) is 36.2 Å². The van der Waals surface area contributed by atoms with Crippen molar-refractivity contribution in [2.75, 3.05) is 0 Å². The Labute approximate surface area is 120 Å². The zero-order chi connectivity index (χ0) is 13.8. The molecular weight excluding hydrogens is 308 g/mol. The van der Waals surface area contributed by atoms with Crippen LogP contribution in [0.2, 0.25) is 0 Å². The molecule has 0 heterocycles. The van der Waals surface area contributed by atoms with E-state index in [1.54, 1.807) is 12.1 Å². The first-order valence-electron chi connectivity index (χ1n) is 5.78. The minimum absolute atomic E-state index is 0.192. The summed E-state index contributed by atoms with van der Waals surface area (Å²) in [5.74, 6) is -0.549. The largest absolute Gasteiger partial charge is 0.488 e. The Kier molecular flexibility index (Phi) is 4.22. The fourth-order valence-electron chi connectivity index (χ4n) is 1.75. The number of carbonyl (C=O) groups is 1. The molecule has 0 fully saturated rings.